The average molecular weight is 585 g/mol. The molecular formula is C42H36N2O. The molecule has 3 heteroatoms. The highest BCUT2D eigenvalue weighted by Crippen LogP contribution is 2.43. The second kappa shape index (κ2) is 10.5. The lowest BCUT2D eigenvalue weighted by atomic mass is 9.88. The molecule has 0 fully saturated rings. The van der Waals surface area contributed by atoms with Gasteiger partial charge in [-0.1, -0.05) is 106 Å². The molecule has 0 aliphatic rings. The molecule has 2 aromatic heterocycles. The minimum Gasteiger partial charge on any atom is -0.455 e. The molecule has 0 bridgehead atoms. The summed E-state index contributed by atoms with van der Waals surface area (Å²) in [5.74, 6) is 1.50. The monoisotopic (exact) mass is 584 g/mol. The first kappa shape index (κ1) is 27.4. The van der Waals surface area contributed by atoms with E-state index in [2.05, 4.69) is 154 Å². The Morgan fingerprint density at radius 2 is 1.36 bits per heavy atom. The van der Waals surface area contributed by atoms with Gasteiger partial charge in [-0.15, -0.1) is 0 Å². The van der Waals surface area contributed by atoms with Gasteiger partial charge in [0.25, 0.3) is 0 Å². The average Bonchev–Trinajstić information content (AvgIpc) is 3.61. The lowest BCUT2D eigenvalue weighted by Crippen LogP contribution is -2.09. The fraction of sp³-hybridized carbons (Fsp3) is 0.167. The highest BCUT2D eigenvalue weighted by atomic mass is 16.3. The standard InChI is InChI=1S/C42H36N2O/c1-25(2)34-22-31(28-12-7-6-8-13-28)23-35(26(3)4)40(34)44-38-17-10-9-16-37(38)43-42(44)33-15-11-14-32-36-21-29-19-18-27(5)20-30(29)24-39(36)45-41(32)33/h6-26H,1-5H3. The van der Waals surface area contributed by atoms with E-state index in [4.69, 9.17) is 9.40 Å². The minimum atomic E-state index is 0.299. The van der Waals surface area contributed by atoms with Gasteiger partial charge in [0.2, 0.25) is 0 Å². The Labute approximate surface area is 263 Å². The van der Waals surface area contributed by atoms with Crippen LogP contribution in [0.1, 0.15) is 56.2 Å². The minimum absolute atomic E-state index is 0.299. The van der Waals surface area contributed by atoms with Gasteiger partial charge in [-0.05, 0) is 94.3 Å². The predicted molar refractivity (Wildman–Crippen MR) is 190 cm³/mol. The molecule has 0 atom stereocenters. The molecule has 0 N–H and O–H groups in total. The summed E-state index contributed by atoms with van der Waals surface area (Å²) in [6.07, 6.45) is 0. The molecule has 0 unspecified atom stereocenters. The Morgan fingerprint density at radius 1 is 0.622 bits per heavy atom. The maximum atomic E-state index is 6.75. The molecule has 0 saturated carbocycles. The van der Waals surface area contributed by atoms with Gasteiger partial charge in [0.15, 0.2) is 0 Å². The van der Waals surface area contributed by atoms with Crippen LogP contribution in [-0.4, -0.2) is 9.55 Å². The van der Waals surface area contributed by atoms with E-state index in [1.165, 1.54) is 44.3 Å². The second-order valence-corrected chi connectivity index (χ2v) is 12.9. The summed E-state index contributed by atoms with van der Waals surface area (Å²) >= 11 is 0. The Hall–Kier alpha value is -5.15. The van der Waals surface area contributed by atoms with Gasteiger partial charge in [0.1, 0.15) is 17.0 Å². The van der Waals surface area contributed by atoms with Crippen molar-refractivity contribution in [3.8, 4) is 28.2 Å². The van der Waals surface area contributed by atoms with Gasteiger partial charge in [0, 0.05) is 10.8 Å². The van der Waals surface area contributed by atoms with Gasteiger partial charge < -0.3 is 4.42 Å². The molecular weight excluding hydrogens is 548 g/mol. The van der Waals surface area contributed by atoms with E-state index in [9.17, 15) is 0 Å². The molecule has 2 heterocycles. The maximum absolute atomic E-state index is 6.75. The first-order valence-corrected chi connectivity index (χ1v) is 15.9. The summed E-state index contributed by atoms with van der Waals surface area (Å²) in [7, 11) is 0. The van der Waals surface area contributed by atoms with Crippen molar-refractivity contribution in [3.05, 3.63) is 132 Å². The summed E-state index contributed by atoms with van der Waals surface area (Å²) in [4.78, 5) is 5.33. The molecule has 8 rings (SSSR count). The van der Waals surface area contributed by atoms with E-state index < -0.39 is 0 Å². The van der Waals surface area contributed by atoms with Crippen molar-refractivity contribution in [1.82, 2.24) is 9.55 Å². The summed E-state index contributed by atoms with van der Waals surface area (Å²) in [6.45, 7) is 11.3. The van der Waals surface area contributed by atoms with Crippen molar-refractivity contribution in [1.29, 1.82) is 0 Å². The quantitative estimate of drug-likeness (QED) is 0.201. The Bertz CT molecular complexity index is 2360. The van der Waals surface area contributed by atoms with Gasteiger partial charge in [-0.2, -0.15) is 0 Å². The van der Waals surface area contributed by atoms with Crippen LogP contribution < -0.4 is 0 Å². The second-order valence-electron chi connectivity index (χ2n) is 12.9. The van der Waals surface area contributed by atoms with Gasteiger partial charge in [0.05, 0.1) is 22.3 Å². The van der Waals surface area contributed by atoms with Crippen molar-refractivity contribution in [2.24, 2.45) is 0 Å². The van der Waals surface area contributed by atoms with Crippen LogP contribution in [0.2, 0.25) is 0 Å². The number of hydrogen-bond donors (Lipinski definition) is 0. The fourth-order valence-electron chi connectivity index (χ4n) is 6.89. The van der Waals surface area contributed by atoms with Gasteiger partial charge in [-0.25, -0.2) is 4.98 Å². The fourth-order valence-corrected chi connectivity index (χ4v) is 6.89. The number of rotatable bonds is 5. The number of aryl methyl sites for hydroxylation is 1. The zero-order valence-corrected chi connectivity index (χ0v) is 26.4. The molecule has 0 aliphatic heterocycles. The van der Waals surface area contributed by atoms with Crippen molar-refractivity contribution in [2.75, 3.05) is 0 Å². The first-order chi connectivity index (χ1) is 21.9. The smallest absolute Gasteiger partial charge is 0.149 e. The third kappa shape index (κ3) is 4.45. The van der Waals surface area contributed by atoms with Crippen LogP contribution in [0.5, 0.6) is 0 Å². The van der Waals surface area contributed by atoms with Crippen molar-refractivity contribution < 1.29 is 4.42 Å². The Balaban J connectivity index is 1.45. The van der Waals surface area contributed by atoms with Gasteiger partial charge >= 0.3 is 0 Å². The van der Waals surface area contributed by atoms with Crippen molar-refractivity contribution >= 4 is 43.7 Å². The molecule has 0 spiro atoms. The molecule has 220 valence electrons. The number of aromatic nitrogens is 2. The van der Waals surface area contributed by atoms with E-state index in [1.807, 2.05) is 0 Å². The number of benzene rings is 6. The Kier molecular flexibility index (Phi) is 6.39. The topological polar surface area (TPSA) is 31.0 Å². The van der Waals surface area contributed by atoms with Crippen molar-refractivity contribution in [2.45, 2.75) is 46.5 Å². The summed E-state index contributed by atoms with van der Waals surface area (Å²) in [5.41, 5.74) is 12.4. The third-order valence-corrected chi connectivity index (χ3v) is 9.16. The highest BCUT2D eigenvalue weighted by molar-refractivity contribution is 6.13. The maximum Gasteiger partial charge on any atom is 0.149 e. The molecule has 6 aromatic carbocycles. The summed E-state index contributed by atoms with van der Waals surface area (Å²) in [6, 6.07) is 41.5. The lowest BCUT2D eigenvalue weighted by Gasteiger charge is -2.24. The number of para-hydroxylation sites is 3. The molecule has 0 radical (unpaired) electrons. The largest absolute Gasteiger partial charge is 0.455 e. The van der Waals surface area contributed by atoms with E-state index in [0.29, 0.717) is 11.8 Å². The zero-order chi connectivity index (χ0) is 30.8. The van der Waals surface area contributed by atoms with Crippen LogP contribution in [0, 0.1) is 6.92 Å². The molecule has 0 saturated heterocycles. The molecule has 45 heavy (non-hydrogen) atoms. The van der Waals surface area contributed by atoms with E-state index >= 15 is 0 Å². The third-order valence-electron chi connectivity index (χ3n) is 9.16. The number of imidazole rings is 1. The highest BCUT2D eigenvalue weighted by Gasteiger charge is 2.25. The van der Waals surface area contributed by atoms with Gasteiger partial charge in [-0.3, -0.25) is 4.57 Å². The lowest BCUT2D eigenvalue weighted by molar-refractivity contribution is 0.670. The number of nitrogens with zero attached hydrogens (tertiary/aromatic N) is 2. The SMILES string of the molecule is Cc1ccc2cc3c(cc2c1)oc1c(-c2nc4ccccc4n2-c2c(C(C)C)cc(-c4ccccc4)cc2C(C)C)cccc13. The molecule has 3 nitrogen and oxygen atoms in total. The van der Waals surface area contributed by atoms with Crippen LogP contribution in [0.4, 0.5) is 0 Å². The normalized spacial score (nSPS) is 12.1. The Morgan fingerprint density at radius 3 is 2.11 bits per heavy atom. The predicted octanol–water partition coefficient (Wildman–Crippen LogP) is 12.0. The van der Waals surface area contributed by atoms with Crippen LogP contribution in [0.15, 0.2) is 120 Å². The van der Waals surface area contributed by atoms with E-state index in [1.54, 1.807) is 0 Å². The molecule has 8 aromatic rings. The first-order valence-electron chi connectivity index (χ1n) is 15.9. The van der Waals surface area contributed by atoms with E-state index in [0.717, 1.165) is 44.4 Å². The van der Waals surface area contributed by atoms with E-state index in [-0.39, 0.29) is 0 Å². The summed E-state index contributed by atoms with van der Waals surface area (Å²) < 4.78 is 9.15. The number of furan rings is 1. The van der Waals surface area contributed by atoms with Crippen LogP contribution in [0.3, 0.4) is 0 Å². The van der Waals surface area contributed by atoms with Crippen molar-refractivity contribution in [3.63, 3.8) is 0 Å². The van der Waals surface area contributed by atoms with Crippen LogP contribution in [0.25, 0.3) is 71.9 Å². The molecule has 0 amide bonds. The van der Waals surface area contributed by atoms with Crippen LogP contribution >= 0.6 is 0 Å². The number of hydrogen-bond acceptors (Lipinski definition) is 2. The van der Waals surface area contributed by atoms with Crippen LogP contribution in [-0.2, 0) is 0 Å². The molecule has 0 aliphatic carbocycles. The summed E-state index contributed by atoms with van der Waals surface area (Å²) in [5, 5.41) is 4.65. The zero-order valence-electron chi connectivity index (χ0n) is 26.4. The number of fused-ring (bicyclic) bond motifs is 5.